The molecule has 22 heavy (non-hydrogen) atoms. The molecule has 1 atom stereocenters. The van der Waals surface area contributed by atoms with Crippen LogP contribution < -0.4 is 5.32 Å². The number of nitrogens with zero attached hydrogens (tertiary/aromatic N) is 1. The van der Waals surface area contributed by atoms with Crippen molar-refractivity contribution in [2.24, 2.45) is 0 Å². The van der Waals surface area contributed by atoms with Gasteiger partial charge in [0, 0.05) is 11.6 Å². The second-order valence-corrected chi connectivity index (χ2v) is 5.63. The zero-order valence-corrected chi connectivity index (χ0v) is 13.7. The van der Waals surface area contributed by atoms with Crippen molar-refractivity contribution in [2.45, 2.75) is 25.3 Å². The number of rotatable bonds is 6. The first-order valence-corrected chi connectivity index (χ1v) is 7.42. The minimum atomic E-state index is -0.846. The largest absolute Gasteiger partial charge is 0.480 e. The standard InChI is InChI=1S/C15H19ClN2O3.ClH/c16-12-5-3-11(4-6-12)7-8-17-14(19)10-18-9-1-2-13(18)15(20)21;/h3-6,13H,1-2,7-10H2,(H,17,19)(H,20,21);1H/t13-;/m1./s1. The summed E-state index contributed by atoms with van der Waals surface area (Å²) in [5.74, 6) is -0.974. The summed E-state index contributed by atoms with van der Waals surface area (Å²) < 4.78 is 0. The minimum Gasteiger partial charge on any atom is -0.480 e. The SMILES string of the molecule is Cl.O=C(CN1CCC[C@@H]1C(=O)O)NCCc1ccc(Cl)cc1. The van der Waals surface area contributed by atoms with Crippen LogP contribution in [0, 0.1) is 0 Å². The molecule has 5 nitrogen and oxygen atoms in total. The Labute approximate surface area is 141 Å². The Morgan fingerprint density at radius 3 is 2.64 bits per heavy atom. The van der Waals surface area contributed by atoms with Gasteiger partial charge in [-0.05, 0) is 43.5 Å². The fourth-order valence-electron chi connectivity index (χ4n) is 2.53. The average molecular weight is 347 g/mol. The highest BCUT2D eigenvalue weighted by Gasteiger charge is 2.31. The van der Waals surface area contributed by atoms with E-state index in [1.54, 1.807) is 4.90 Å². The topological polar surface area (TPSA) is 69.6 Å². The van der Waals surface area contributed by atoms with Crippen LogP contribution in [0.5, 0.6) is 0 Å². The third-order valence-corrected chi connectivity index (χ3v) is 3.90. The lowest BCUT2D eigenvalue weighted by Crippen LogP contribution is -2.43. The normalized spacial score (nSPS) is 17.8. The molecule has 122 valence electrons. The Balaban J connectivity index is 0.00000242. The van der Waals surface area contributed by atoms with Gasteiger partial charge in [-0.25, -0.2) is 0 Å². The van der Waals surface area contributed by atoms with E-state index < -0.39 is 12.0 Å². The van der Waals surface area contributed by atoms with Crippen molar-refractivity contribution >= 4 is 35.9 Å². The van der Waals surface area contributed by atoms with E-state index in [0.717, 1.165) is 18.4 Å². The first-order valence-electron chi connectivity index (χ1n) is 7.04. The quantitative estimate of drug-likeness (QED) is 0.826. The van der Waals surface area contributed by atoms with E-state index in [-0.39, 0.29) is 24.9 Å². The fourth-order valence-corrected chi connectivity index (χ4v) is 2.66. The van der Waals surface area contributed by atoms with Gasteiger partial charge < -0.3 is 10.4 Å². The second-order valence-electron chi connectivity index (χ2n) is 5.19. The highest BCUT2D eigenvalue weighted by molar-refractivity contribution is 6.30. The van der Waals surface area contributed by atoms with Crippen LogP contribution in [-0.2, 0) is 16.0 Å². The van der Waals surface area contributed by atoms with Crippen LogP contribution in [0.25, 0.3) is 0 Å². The Kier molecular flexibility index (Phi) is 7.65. The van der Waals surface area contributed by atoms with E-state index in [1.807, 2.05) is 24.3 Å². The summed E-state index contributed by atoms with van der Waals surface area (Å²) in [6.45, 7) is 1.35. The highest BCUT2D eigenvalue weighted by atomic mass is 35.5. The van der Waals surface area contributed by atoms with E-state index in [1.165, 1.54) is 0 Å². The van der Waals surface area contributed by atoms with Gasteiger partial charge in [-0.3, -0.25) is 14.5 Å². The molecule has 0 bridgehead atoms. The number of hydrogen-bond donors (Lipinski definition) is 2. The summed E-state index contributed by atoms with van der Waals surface area (Å²) in [5, 5.41) is 12.6. The minimum absolute atomic E-state index is 0. The van der Waals surface area contributed by atoms with Crippen LogP contribution in [0.1, 0.15) is 18.4 Å². The summed E-state index contributed by atoms with van der Waals surface area (Å²) in [5.41, 5.74) is 1.10. The number of amides is 1. The van der Waals surface area contributed by atoms with Gasteiger partial charge in [0.1, 0.15) is 6.04 Å². The molecule has 1 aliphatic rings. The first kappa shape index (κ1) is 18.7. The number of halogens is 2. The maximum absolute atomic E-state index is 11.8. The molecule has 1 heterocycles. The number of nitrogens with one attached hydrogen (secondary N) is 1. The smallest absolute Gasteiger partial charge is 0.320 e. The number of likely N-dealkylation sites (tertiary alicyclic amines) is 1. The van der Waals surface area contributed by atoms with E-state index in [2.05, 4.69) is 5.32 Å². The lowest BCUT2D eigenvalue weighted by Gasteiger charge is -2.20. The first-order chi connectivity index (χ1) is 10.1. The molecule has 2 rings (SSSR count). The molecule has 0 saturated carbocycles. The van der Waals surface area contributed by atoms with Crippen molar-refractivity contribution in [3.63, 3.8) is 0 Å². The predicted molar refractivity (Wildman–Crippen MR) is 87.6 cm³/mol. The summed E-state index contributed by atoms with van der Waals surface area (Å²) in [6.07, 6.45) is 2.17. The van der Waals surface area contributed by atoms with Crippen molar-refractivity contribution in [3.05, 3.63) is 34.9 Å². The molecule has 1 saturated heterocycles. The van der Waals surface area contributed by atoms with Crippen LogP contribution >= 0.6 is 24.0 Å². The number of carbonyl (C=O) groups is 2. The Hall–Kier alpha value is -1.30. The number of hydrogen-bond acceptors (Lipinski definition) is 3. The number of carboxylic acids is 1. The predicted octanol–water partition coefficient (Wildman–Crippen LogP) is 1.97. The maximum atomic E-state index is 11.8. The Morgan fingerprint density at radius 1 is 1.32 bits per heavy atom. The lowest BCUT2D eigenvalue weighted by molar-refractivity contribution is -0.142. The molecular formula is C15H20Cl2N2O3. The summed E-state index contributed by atoms with van der Waals surface area (Å²) in [4.78, 5) is 24.6. The number of benzene rings is 1. The molecule has 0 spiro atoms. The highest BCUT2D eigenvalue weighted by Crippen LogP contribution is 2.16. The van der Waals surface area contributed by atoms with E-state index in [0.29, 0.717) is 24.5 Å². The van der Waals surface area contributed by atoms with Crippen molar-refractivity contribution in [1.29, 1.82) is 0 Å². The molecule has 0 radical (unpaired) electrons. The van der Waals surface area contributed by atoms with Crippen LogP contribution in [0.3, 0.4) is 0 Å². The van der Waals surface area contributed by atoms with Gasteiger partial charge in [0.15, 0.2) is 0 Å². The number of carboxylic acid groups (broad SMARTS) is 1. The monoisotopic (exact) mass is 346 g/mol. The molecule has 1 aromatic rings. The van der Waals surface area contributed by atoms with Gasteiger partial charge in [0.2, 0.25) is 5.91 Å². The van der Waals surface area contributed by atoms with E-state index in [9.17, 15) is 9.59 Å². The Morgan fingerprint density at radius 2 is 2.00 bits per heavy atom. The summed E-state index contributed by atoms with van der Waals surface area (Å²) in [6, 6.07) is 6.97. The second kappa shape index (κ2) is 8.98. The molecule has 7 heteroatoms. The fraction of sp³-hybridized carbons (Fsp3) is 0.467. The van der Waals surface area contributed by atoms with Gasteiger partial charge in [-0.2, -0.15) is 0 Å². The average Bonchev–Trinajstić information content (AvgIpc) is 2.89. The van der Waals surface area contributed by atoms with Gasteiger partial charge in [0.25, 0.3) is 0 Å². The van der Waals surface area contributed by atoms with Gasteiger partial charge in [0.05, 0.1) is 6.54 Å². The molecule has 1 fully saturated rings. The van der Waals surface area contributed by atoms with Crippen molar-refractivity contribution < 1.29 is 14.7 Å². The van der Waals surface area contributed by atoms with Crippen molar-refractivity contribution in [3.8, 4) is 0 Å². The number of carbonyl (C=O) groups excluding carboxylic acids is 1. The molecule has 0 aromatic heterocycles. The molecule has 1 aromatic carbocycles. The van der Waals surface area contributed by atoms with E-state index in [4.69, 9.17) is 16.7 Å². The zero-order valence-electron chi connectivity index (χ0n) is 12.1. The van der Waals surface area contributed by atoms with Crippen LogP contribution in [0.2, 0.25) is 5.02 Å². The van der Waals surface area contributed by atoms with Crippen LogP contribution in [-0.4, -0.2) is 47.6 Å². The Bertz CT molecular complexity index is 508. The van der Waals surface area contributed by atoms with Crippen molar-refractivity contribution in [2.75, 3.05) is 19.6 Å². The van der Waals surface area contributed by atoms with Gasteiger partial charge in [-0.15, -0.1) is 12.4 Å². The lowest BCUT2D eigenvalue weighted by atomic mass is 10.1. The number of aliphatic carboxylic acids is 1. The molecule has 0 unspecified atom stereocenters. The van der Waals surface area contributed by atoms with Crippen molar-refractivity contribution in [1.82, 2.24) is 10.2 Å². The van der Waals surface area contributed by atoms with Crippen LogP contribution in [0.15, 0.2) is 24.3 Å². The third kappa shape index (κ3) is 5.48. The van der Waals surface area contributed by atoms with E-state index >= 15 is 0 Å². The van der Waals surface area contributed by atoms with Crippen LogP contribution in [0.4, 0.5) is 0 Å². The third-order valence-electron chi connectivity index (χ3n) is 3.64. The molecule has 2 N–H and O–H groups in total. The zero-order chi connectivity index (χ0) is 15.2. The van der Waals surface area contributed by atoms with Gasteiger partial charge in [-0.1, -0.05) is 23.7 Å². The maximum Gasteiger partial charge on any atom is 0.320 e. The van der Waals surface area contributed by atoms with Gasteiger partial charge >= 0.3 is 5.97 Å². The molecule has 1 amide bonds. The summed E-state index contributed by atoms with van der Waals surface area (Å²) in [7, 11) is 0. The molecule has 0 aliphatic carbocycles. The summed E-state index contributed by atoms with van der Waals surface area (Å²) >= 11 is 5.81. The molecular weight excluding hydrogens is 327 g/mol. The molecule has 1 aliphatic heterocycles.